The van der Waals surface area contributed by atoms with Gasteiger partial charge >= 0.3 is 0 Å². The molecule has 3 rings (SSSR count). The number of aryl methyl sites for hydroxylation is 1. The van der Waals surface area contributed by atoms with Gasteiger partial charge in [0.2, 0.25) is 0 Å². The summed E-state index contributed by atoms with van der Waals surface area (Å²) >= 11 is 0.960. The first-order valence-corrected chi connectivity index (χ1v) is 7.68. The van der Waals surface area contributed by atoms with E-state index in [0.717, 1.165) is 23.0 Å². The SMILES string of the molecule is Cc1cccc(C=C2SC(=O)N(Cc3ccccc3)C2=O)n1. The molecule has 0 N–H and O–H groups in total. The molecule has 0 unspecified atom stereocenters. The Morgan fingerprint density at radius 2 is 1.86 bits per heavy atom. The largest absolute Gasteiger partial charge is 0.293 e. The predicted octanol–water partition coefficient (Wildman–Crippen LogP) is 3.63. The highest BCUT2D eigenvalue weighted by Gasteiger charge is 2.34. The molecule has 0 radical (unpaired) electrons. The number of carbonyl (C=O) groups excluding carboxylic acids is 2. The topological polar surface area (TPSA) is 50.3 Å². The highest BCUT2D eigenvalue weighted by atomic mass is 32.2. The van der Waals surface area contributed by atoms with E-state index in [1.54, 1.807) is 6.08 Å². The van der Waals surface area contributed by atoms with E-state index in [1.807, 2.05) is 55.5 Å². The minimum absolute atomic E-state index is 0.243. The highest BCUT2D eigenvalue weighted by Crippen LogP contribution is 2.32. The normalized spacial score (nSPS) is 16.6. The molecule has 22 heavy (non-hydrogen) atoms. The third-order valence-corrected chi connectivity index (χ3v) is 4.15. The van der Waals surface area contributed by atoms with Crippen LogP contribution in [0, 0.1) is 6.92 Å². The molecule has 0 bridgehead atoms. The predicted molar refractivity (Wildman–Crippen MR) is 86.9 cm³/mol. The number of nitrogens with zero attached hydrogens (tertiary/aromatic N) is 2. The smallest absolute Gasteiger partial charge is 0.268 e. The van der Waals surface area contributed by atoms with Crippen LogP contribution < -0.4 is 0 Å². The Morgan fingerprint density at radius 3 is 2.59 bits per heavy atom. The van der Waals surface area contributed by atoms with Crippen molar-refractivity contribution in [3.63, 3.8) is 0 Å². The molecule has 0 saturated carbocycles. The zero-order valence-corrected chi connectivity index (χ0v) is 12.8. The quantitative estimate of drug-likeness (QED) is 0.812. The molecule has 1 aromatic carbocycles. The van der Waals surface area contributed by atoms with Crippen LogP contribution in [0.1, 0.15) is 17.0 Å². The number of carbonyl (C=O) groups is 2. The van der Waals surface area contributed by atoms with E-state index < -0.39 is 0 Å². The standard InChI is InChI=1S/C17H14N2O2S/c1-12-6-5-9-14(18-12)10-15-16(20)19(17(21)22-15)11-13-7-3-2-4-8-13/h2-10H,11H2,1H3. The van der Waals surface area contributed by atoms with Gasteiger partial charge in [-0.15, -0.1) is 0 Å². The average Bonchev–Trinajstić information content (AvgIpc) is 2.76. The van der Waals surface area contributed by atoms with Crippen LogP contribution in [0.15, 0.2) is 53.4 Å². The van der Waals surface area contributed by atoms with Crippen LogP contribution >= 0.6 is 11.8 Å². The summed E-state index contributed by atoms with van der Waals surface area (Å²) in [7, 11) is 0. The Hall–Kier alpha value is -2.40. The average molecular weight is 310 g/mol. The van der Waals surface area contributed by atoms with Gasteiger partial charge in [0.25, 0.3) is 11.1 Å². The zero-order valence-electron chi connectivity index (χ0n) is 12.0. The maximum atomic E-state index is 12.4. The minimum atomic E-state index is -0.262. The Labute approximate surface area is 132 Å². The van der Waals surface area contributed by atoms with E-state index in [-0.39, 0.29) is 11.1 Å². The molecule has 1 saturated heterocycles. The molecule has 1 aromatic heterocycles. The number of benzene rings is 1. The first kappa shape index (κ1) is 14.5. The van der Waals surface area contributed by atoms with Gasteiger partial charge in [-0.25, -0.2) is 0 Å². The zero-order chi connectivity index (χ0) is 15.5. The lowest BCUT2D eigenvalue weighted by atomic mass is 10.2. The third kappa shape index (κ3) is 3.09. The second-order valence-electron chi connectivity index (χ2n) is 4.96. The van der Waals surface area contributed by atoms with E-state index in [1.165, 1.54) is 4.90 Å². The number of imide groups is 1. The Balaban J connectivity index is 1.82. The van der Waals surface area contributed by atoms with Crippen molar-refractivity contribution in [1.82, 2.24) is 9.88 Å². The number of amides is 2. The number of aromatic nitrogens is 1. The van der Waals surface area contributed by atoms with E-state index in [9.17, 15) is 9.59 Å². The molecular formula is C17H14N2O2S. The van der Waals surface area contributed by atoms with Crippen molar-refractivity contribution in [2.24, 2.45) is 0 Å². The molecule has 1 fully saturated rings. The molecule has 1 aliphatic rings. The van der Waals surface area contributed by atoms with Crippen molar-refractivity contribution < 1.29 is 9.59 Å². The van der Waals surface area contributed by atoms with Gasteiger partial charge in [0.1, 0.15) is 0 Å². The molecule has 5 heteroatoms. The molecule has 110 valence electrons. The van der Waals surface area contributed by atoms with Gasteiger partial charge in [-0.05, 0) is 42.5 Å². The summed E-state index contributed by atoms with van der Waals surface area (Å²) in [4.78, 5) is 30.5. The fourth-order valence-electron chi connectivity index (χ4n) is 2.18. The number of hydrogen-bond donors (Lipinski definition) is 0. The van der Waals surface area contributed by atoms with Crippen LogP contribution in [0.4, 0.5) is 4.79 Å². The summed E-state index contributed by atoms with van der Waals surface area (Å²) in [5, 5.41) is -0.243. The lowest BCUT2D eigenvalue weighted by Gasteiger charge is -2.12. The molecular weight excluding hydrogens is 296 g/mol. The van der Waals surface area contributed by atoms with Crippen LogP contribution in [-0.2, 0) is 11.3 Å². The molecule has 2 heterocycles. The van der Waals surface area contributed by atoms with Crippen LogP contribution in [0.2, 0.25) is 0 Å². The molecule has 0 atom stereocenters. The van der Waals surface area contributed by atoms with E-state index in [2.05, 4.69) is 4.98 Å². The highest BCUT2D eigenvalue weighted by molar-refractivity contribution is 8.18. The van der Waals surface area contributed by atoms with Crippen LogP contribution in [0.5, 0.6) is 0 Å². The summed E-state index contributed by atoms with van der Waals surface area (Å²) in [5.41, 5.74) is 2.49. The second-order valence-corrected chi connectivity index (χ2v) is 5.95. The second kappa shape index (κ2) is 6.15. The minimum Gasteiger partial charge on any atom is -0.268 e. The van der Waals surface area contributed by atoms with Crippen LogP contribution in [0.3, 0.4) is 0 Å². The van der Waals surface area contributed by atoms with Crippen LogP contribution in [-0.4, -0.2) is 21.0 Å². The van der Waals surface area contributed by atoms with Crippen molar-refractivity contribution in [3.8, 4) is 0 Å². The van der Waals surface area contributed by atoms with Gasteiger partial charge < -0.3 is 0 Å². The van der Waals surface area contributed by atoms with Crippen molar-refractivity contribution >= 4 is 29.0 Å². The van der Waals surface area contributed by atoms with Gasteiger partial charge in [0, 0.05) is 5.69 Å². The lowest BCUT2D eigenvalue weighted by molar-refractivity contribution is -0.123. The van der Waals surface area contributed by atoms with Gasteiger partial charge in [-0.3, -0.25) is 19.5 Å². The molecule has 2 aromatic rings. The van der Waals surface area contributed by atoms with Crippen molar-refractivity contribution in [2.75, 3.05) is 0 Å². The van der Waals surface area contributed by atoms with E-state index in [0.29, 0.717) is 17.1 Å². The fourth-order valence-corrected chi connectivity index (χ4v) is 3.00. The maximum absolute atomic E-state index is 12.4. The molecule has 1 aliphatic heterocycles. The maximum Gasteiger partial charge on any atom is 0.293 e. The fraction of sp³-hybridized carbons (Fsp3) is 0.118. The van der Waals surface area contributed by atoms with Gasteiger partial charge in [0.15, 0.2) is 0 Å². The van der Waals surface area contributed by atoms with Gasteiger partial charge in [0.05, 0.1) is 17.1 Å². The van der Waals surface area contributed by atoms with Crippen molar-refractivity contribution in [1.29, 1.82) is 0 Å². The van der Waals surface area contributed by atoms with Gasteiger partial charge in [-0.1, -0.05) is 36.4 Å². The molecule has 0 spiro atoms. The first-order valence-electron chi connectivity index (χ1n) is 6.86. The summed E-state index contributed by atoms with van der Waals surface area (Å²) in [5.74, 6) is -0.262. The Bertz CT molecular complexity index is 756. The summed E-state index contributed by atoms with van der Waals surface area (Å²) < 4.78 is 0. The monoisotopic (exact) mass is 310 g/mol. The molecule has 0 aliphatic carbocycles. The Morgan fingerprint density at radius 1 is 1.09 bits per heavy atom. The first-order chi connectivity index (χ1) is 10.6. The summed E-state index contributed by atoms with van der Waals surface area (Å²) in [6.07, 6.45) is 1.67. The summed E-state index contributed by atoms with van der Waals surface area (Å²) in [6.45, 7) is 2.18. The molecule has 2 amide bonds. The third-order valence-electron chi connectivity index (χ3n) is 3.25. The van der Waals surface area contributed by atoms with E-state index in [4.69, 9.17) is 0 Å². The number of hydrogen-bond acceptors (Lipinski definition) is 4. The van der Waals surface area contributed by atoms with Crippen LogP contribution in [0.25, 0.3) is 6.08 Å². The van der Waals surface area contributed by atoms with E-state index >= 15 is 0 Å². The van der Waals surface area contributed by atoms with Crippen molar-refractivity contribution in [3.05, 3.63) is 70.4 Å². The van der Waals surface area contributed by atoms with Crippen molar-refractivity contribution in [2.45, 2.75) is 13.5 Å². The van der Waals surface area contributed by atoms with Gasteiger partial charge in [-0.2, -0.15) is 0 Å². The number of rotatable bonds is 3. The number of thioether (sulfide) groups is 1. The molecule has 4 nitrogen and oxygen atoms in total. The Kier molecular flexibility index (Phi) is 4.06. The summed E-state index contributed by atoms with van der Waals surface area (Å²) in [6, 6.07) is 15.1. The lowest BCUT2D eigenvalue weighted by Crippen LogP contribution is -2.27. The number of pyridine rings is 1.